The Morgan fingerprint density at radius 3 is 2.14 bits per heavy atom. The summed E-state index contributed by atoms with van der Waals surface area (Å²) >= 11 is 1.83. The quantitative estimate of drug-likeness (QED) is 0.646. The first-order valence-electron chi connectivity index (χ1n) is 5.51. The SMILES string of the molecule is CSCC[C@H](CC(C)C)C(=O)C(C)C. The fourth-order valence-corrected chi connectivity index (χ4v) is 2.20. The van der Waals surface area contributed by atoms with Crippen molar-refractivity contribution >= 4 is 17.5 Å². The van der Waals surface area contributed by atoms with E-state index in [4.69, 9.17) is 0 Å². The summed E-state index contributed by atoms with van der Waals surface area (Å²) in [5.41, 5.74) is 0. The highest BCUT2D eigenvalue weighted by atomic mass is 32.2. The number of rotatable bonds is 7. The maximum absolute atomic E-state index is 11.9. The first-order valence-corrected chi connectivity index (χ1v) is 6.91. The van der Waals surface area contributed by atoms with Crippen molar-refractivity contribution < 1.29 is 4.79 Å². The Labute approximate surface area is 93.0 Å². The van der Waals surface area contributed by atoms with E-state index in [9.17, 15) is 4.79 Å². The second-order valence-corrected chi connectivity index (χ2v) is 5.65. The molecule has 0 saturated carbocycles. The minimum Gasteiger partial charge on any atom is -0.299 e. The predicted octanol–water partition coefficient (Wildman–Crippen LogP) is 3.63. The summed E-state index contributed by atoms with van der Waals surface area (Å²) in [6.07, 6.45) is 4.21. The van der Waals surface area contributed by atoms with Crippen molar-refractivity contribution in [2.24, 2.45) is 17.8 Å². The lowest BCUT2D eigenvalue weighted by Gasteiger charge is -2.19. The molecule has 0 aromatic rings. The van der Waals surface area contributed by atoms with Crippen molar-refractivity contribution in [2.75, 3.05) is 12.0 Å². The monoisotopic (exact) mass is 216 g/mol. The molecule has 14 heavy (non-hydrogen) atoms. The molecule has 0 N–H and O–H groups in total. The maximum atomic E-state index is 11.9. The van der Waals surface area contributed by atoms with E-state index in [1.807, 2.05) is 25.6 Å². The van der Waals surface area contributed by atoms with Gasteiger partial charge in [-0.15, -0.1) is 0 Å². The summed E-state index contributed by atoms with van der Waals surface area (Å²) < 4.78 is 0. The van der Waals surface area contributed by atoms with Crippen LogP contribution in [0.2, 0.25) is 0 Å². The van der Waals surface area contributed by atoms with Gasteiger partial charge in [-0.05, 0) is 30.8 Å². The molecule has 2 heteroatoms. The van der Waals surface area contributed by atoms with Gasteiger partial charge in [-0.25, -0.2) is 0 Å². The topological polar surface area (TPSA) is 17.1 Å². The van der Waals surface area contributed by atoms with Gasteiger partial charge in [0.15, 0.2) is 0 Å². The third-order valence-electron chi connectivity index (χ3n) is 2.40. The molecule has 0 aliphatic rings. The molecule has 0 radical (unpaired) electrons. The molecule has 84 valence electrons. The van der Waals surface area contributed by atoms with Crippen LogP contribution in [0.1, 0.15) is 40.5 Å². The Bertz CT molecular complexity index is 164. The van der Waals surface area contributed by atoms with Crippen LogP contribution in [-0.4, -0.2) is 17.8 Å². The van der Waals surface area contributed by atoms with Crippen LogP contribution < -0.4 is 0 Å². The normalized spacial score (nSPS) is 13.6. The van der Waals surface area contributed by atoms with E-state index in [2.05, 4.69) is 20.1 Å². The number of carbonyl (C=O) groups is 1. The van der Waals surface area contributed by atoms with E-state index < -0.39 is 0 Å². The average molecular weight is 216 g/mol. The number of carbonyl (C=O) groups excluding carboxylic acids is 1. The highest BCUT2D eigenvalue weighted by molar-refractivity contribution is 7.98. The maximum Gasteiger partial charge on any atom is 0.138 e. The van der Waals surface area contributed by atoms with Gasteiger partial charge in [0.25, 0.3) is 0 Å². The summed E-state index contributed by atoms with van der Waals surface area (Å²) in [4.78, 5) is 11.9. The van der Waals surface area contributed by atoms with Gasteiger partial charge in [-0.2, -0.15) is 11.8 Å². The van der Waals surface area contributed by atoms with Crippen molar-refractivity contribution in [3.63, 3.8) is 0 Å². The van der Waals surface area contributed by atoms with E-state index in [1.165, 1.54) is 0 Å². The highest BCUT2D eigenvalue weighted by Crippen LogP contribution is 2.21. The zero-order chi connectivity index (χ0) is 11.1. The standard InChI is InChI=1S/C12H24OS/c1-9(2)8-11(6-7-14-5)12(13)10(3)4/h9-11H,6-8H2,1-5H3/t11-/m1/s1. The van der Waals surface area contributed by atoms with Gasteiger partial charge >= 0.3 is 0 Å². The predicted molar refractivity (Wildman–Crippen MR) is 65.8 cm³/mol. The zero-order valence-corrected chi connectivity index (χ0v) is 11.0. The van der Waals surface area contributed by atoms with Crippen LogP contribution in [0, 0.1) is 17.8 Å². The fraction of sp³-hybridized carbons (Fsp3) is 0.917. The van der Waals surface area contributed by atoms with Crippen LogP contribution >= 0.6 is 11.8 Å². The van der Waals surface area contributed by atoms with Gasteiger partial charge in [-0.3, -0.25) is 4.79 Å². The van der Waals surface area contributed by atoms with Crippen LogP contribution in [-0.2, 0) is 4.79 Å². The van der Waals surface area contributed by atoms with Gasteiger partial charge in [0.2, 0.25) is 0 Å². The van der Waals surface area contributed by atoms with Gasteiger partial charge in [0.05, 0.1) is 0 Å². The molecule has 0 aromatic heterocycles. The molecule has 0 saturated heterocycles. The summed E-state index contributed by atoms with van der Waals surface area (Å²) in [5, 5.41) is 0. The Kier molecular flexibility index (Phi) is 7.34. The molecular formula is C12H24OS. The first kappa shape index (κ1) is 14.0. The van der Waals surface area contributed by atoms with Crippen LogP contribution in [0.3, 0.4) is 0 Å². The van der Waals surface area contributed by atoms with Crippen molar-refractivity contribution in [1.29, 1.82) is 0 Å². The van der Waals surface area contributed by atoms with Crippen molar-refractivity contribution in [1.82, 2.24) is 0 Å². The first-order chi connectivity index (χ1) is 6.49. The second kappa shape index (κ2) is 7.33. The second-order valence-electron chi connectivity index (χ2n) is 4.67. The summed E-state index contributed by atoms with van der Waals surface area (Å²) in [6, 6.07) is 0. The molecule has 1 atom stereocenters. The number of hydrogen-bond acceptors (Lipinski definition) is 2. The highest BCUT2D eigenvalue weighted by Gasteiger charge is 2.21. The Morgan fingerprint density at radius 2 is 1.79 bits per heavy atom. The van der Waals surface area contributed by atoms with Crippen molar-refractivity contribution in [3.8, 4) is 0 Å². The van der Waals surface area contributed by atoms with E-state index in [0.29, 0.717) is 17.6 Å². The van der Waals surface area contributed by atoms with Gasteiger partial charge in [0, 0.05) is 11.8 Å². The Hall–Kier alpha value is 0.0200. The van der Waals surface area contributed by atoms with E-state index in [0.717, 1.165) is 18.6 Å². The molecule has 0 bridgehead atoms. The minimum absolute atomic E-state index is 0.195. The van der Waals surface area contributed by atoms with Gasteiger partial charge < -0.3 is 0 Å². The number of thioether (sulfide) groups is 1. The molecule has 0 spiro atoms. The third kappa shape index (κ3) is 5.69. The molecule has 0 aromatic carbocycles. The largest absolute Gasteiger partial charge is 0.299 e. The van der Waals surface area contributed by atoms with Crippen molar-refractivity contribution in [2.45, 2.75) is 40.5 Å². The molecule has 0 amide bonds. The molecular weight excluding hydrogens is 192 g/mol. The summed E-state index contributed by atoms with van der Waals surface area (Å²) in [5.74, 6) is 2.68. The van der Waals surface area contributed by atoms with Gasteiger partial charge in [0.1, 0.15) is 5.78 Å². The smallest absolute Gasteiger partial charge is 0.138 e. The lowest BCUT2D eigenvalue weighted by molar-refractivity contribution is -0.126. The molecule has 0 fully saturated rings. The number of ketones is 1. The van der Waals surface area contributed by atoms with Crippen LogP contribution in [0.25, 0.3) is 0 Å². The fourth-order valence-electron chi connectivity index (χ4n) is 1.68. The molecule has 0 rings (SSSR count). The zero-order valence-electron chi connectivity index (χ0n) is 10.2. The van der Waals surface area contributed by atoms with Gasteiger partial charge in [-0.1, -0.05) is 27.7 Å². The summed E-state index contributed by atoms with van der Waals surface area (Å²) in [6.45, 7) is 8.41. The Balaban J connectivity index is 4.15. The minimum atomic E-state index is 0.195. The molecule has 0 aliphatic carbocycles. The lowest BCUT2D eigenvalue weighted by Crippen LogP contribution is -2.22. The molecule has 1 nitrogen and oxygen atoms in total. The van der Waals surface area contributed by atoms with E-state index in [-0.39, 0.29) is 5.92 Å². The van der Waals surface area contributed by atoms with Crippen LogP contribution in [0.4, 0.5) is 0 Å². The Morgan fingerprint density at radius 1 is 1.21 bits per heavy atom. The molecule has 0 unspecified atom stereocenters. The average Bonchev–Trinajstić information content (AvgIpc) is 2.10. The number of Topliss-reactive ketones (excluding diaryl/α,β-unsaturated/α-hetero) is 1. The van der Waals surface area contributed by atoms with E-state index in [1.54, 1.807) is 0 Å². The lowest BCUT2D eigenvalue weighted by atomic mass is 9.86. The molecule has 0 aliphatic heterocycles. The van der Waals surface area contributed by atoms with Crippen LogP contribution in [0.15, 0.2) is 0 Å². The van der Waals surface area contributed by atoms with Crippen LogP contribution in [0.5, 0.6) is 0 Å². The molecule has 0 heterocycles. The summed E-state index contributed by atoms with van der Waals surface area (Å²) in [7, 11) is 0. The van der Waals surface area contributed by atoms with E-state index >= 15 is 0 Å². The number of hydrogen-bond donors (Lipinski definition) is 0. The third-order valence-corrected chi connectivity index (χ3v) is 3.04. The van der Waals surface area contributed by atoms with Crippen molar-refractivity contribution in [3.05, 3.63) is 0 Å².